The number of carbonyl (C=O) groups excluding carboxylic acids is 1. The molecule has 5 nitrogen and oxygen atoms in total. The molecular weight excluding hydrogens is 503 g/mol. The van der Waals surface area contributed by atoms with Crippen LogP contribution in [-0.4, -0.2) is 24.5 Å². The van der Waals surface area contributed by atoms with Crippen LogP contribution in [-0.2, 0) is 22.9 Å². The molecule has 0 fully saturated rings. The van der Waals surface area contributed by atoms with E-state index in [1.807, 2.05) is 50.2 Å². The highest BCUT2D eigenvalue weighted by Gasteiger charge is 2.30. The summed E-state index contributed by atoms with van der Waals surface area (Å²) >= 11 is 0. The van der Waals surface area contributed by atoms with Gasteiger partial charge in [0.05, 0.1) is 11.2 Å². The summed E-state index contributed by atoms with van der Waals surface area (Å²) in [6, 6.07) is 23.2. The second kappa shape index (κ2) is 11.7. The van der Waals surface area contributed by atoms with E-state index < -0.39 is 17.3 Å². The number of nitrogens with one attached hydrogen (secondary N) is 2. The highest BCUT2D eigenvalue weighted by molar-refractivity contribution is 6.09. The first-order valence-corrected chi connectivity index (χ1v) is 12.5. The van der Waals surface area contributed by atoms with Crippen LogP contribution in [0.5, 0.6) is 0 Å². The lowest BCUT2D eigenvalue weighted by Gasteiger charge is -2.25. The lowest BCUT2D eigenvalue weighted by molar-refractivity contribution is -0.137. The maximum Gasteiger partial charge on any atom is 0.416 e. The van der Waals surface area contributed by atoms with E-state index in [2.05, 4.69) is 15.6 Å². The first-order valence-electron chi connectivity index (χ1n) is 12.5. The predicted octanol–water partition coefficient (Wildman–Crippen LogP) is 7.56. The van der Waals surface area contributed by atoms with Crippen LogP contribution in [0.4, 0.5) is 24.5 Å². The number of benzene rings is 3. The van der Waals surface area contributed by atoms with Crippen molar-refractivity contribution in [1.29, 1.82) is 0 Å². The third kappa shape index (κ3) is 7.03. The fourth-order valence-electron chi connectivity index (χ4n) is 4.07. The molecule has 0 aliphatic rings. The number of pyridine rings is 1. The third-order valence-electron chi connectivity index (χ3n) is 6.57. The van der Waals surface area contributed by atoms with E-state index >= 15 is 0 Å². The molecule has 0 aliphatic heterocycles. The van der Waals surface area contributed by atoms with Gasteiger partial charge < -0.3 is 15.4 Å². The van der Waals surface area contributed by atoms with E-state index in [1.165, 1.54) is 12.1 Å². The summed E-state index contributed by atoms with van der Waals surface area (Å²) in [4.78, 5) is 17.8. The molecule has 0 saturated carbocycles. The topological polar surface area (TPSA) is 63.2 Å². The highest BCUT2D eigenvalue weighted by atomic mass is 19.4. The van der Waals surface area contributed by atoms with Crippen LogP contribution < -0.4 is 10.6 Å². The van der Waals surface area contributed by atoms with Gasteiger partial charge in [0, 0.05) is 48.9 Å². The molecule has 8 heteroatoms. The summed E-state index contributed by atoms with van der Waals surface area (Å²) in [5.74, 6) is -0.380. The summed E-state index contributed by atoms with van der Waals surface area (Å²) in [6.45, 7) is 4.46. The summed E-state index contributed by atoms with van der Waals surface area (Å²) in [5.41, 5.74) is 3.18. The van der Waals surface area contributed by atoms with Gasteiger partial charge in [-0.2, -0.15) is 13.2 Å². The number of anilines is 2. The first-order chi connectivity index (χ1) is 18.6. The normalized spacial score (nSPS) is 11.7. The van der Waals surface area contributed by atoms with Crippen molar-refractivity contribution in [1.82, 2.24) is 4.98 Å². The lowest BCUT2D eigenvalue weighted by Crippen LogP contribution is -2.21. The molecule has 4 aromatic rings. The molecule has 39 heavy (non-hydrogen) atoms. The van der Waals surface area contributed by atoms with Gasteiger partial charge in [-0.05, 0) is 85.1 Å². The molecule has 4 rings (SSSR count). The minimum Gasteiger partial charge on any atom is -0.385 e. The molecule has 1 aromatic heterocycles. The Morgan fingerprint density at radius 2 is 1.54 bits per heavy atom. The van der Waals surface area contributed by atoms with Crippen molar-refractivity contribution in [2.24, 2.45) is 0 Å². The number of aromatic nitrogens is 1. The average Bonchev–Trinajstić information content (AvgIpc) is 2.94. The van der Waals surface area contributed by atoms with E-state index in [0.717, 1.165) is 35.5 Å². The van der Waals surface area contributed by atoms with Gasteiger partial charge in [-0.15, -0.1) is 0 Å². The van der Waals surface area contributed by atoms with Crippen LogP contribution in [0.1, 0.15) is 41.0 Å². The van der Waals surface area contributed by atoms with Crippen LogP contribution in [0, 0.1) is 0 Å². The summed E-state index contributed by atoms with van der Waals surface area (Å²) < 4.78 is 44.8. The fourth-order valence-corrected chi connectivity index (χ4v) is 4.07. The molecule has 202 valence electrons. The first kappa shape index (κ1) is 27.9. The number of amides is 1. The highest BCUT2D eigenvalue weighted by Crippen LogP contribution is 2.34. The third-order valence-corrected chi connectivity index (χ3v) is 6.57. The van der Waals surface area contributed by atoms with Gasteiger partial charge in [-0.25, -0.2) is 0 Å². The Bertz CT molecular complexity index is 1400. The summed E-state index contributed by atoms with van der Waals surface area (Å²) in [7, 11) is 1.58. The zero-order chi connectivity index (χ0) is 28.0. The minimum absolute atomic E-state index is 0.329. The van der Waals surface area contributed by atoms with Crippen molar-refractivity contribution >= 4 is 17.3 Å². The van der Waals surface area contributed by atoms with Gasteiger partial charge in [-0.3, -0.25) is 9.78 Å². The molecule has 1 amide bonds. The lowest BCUT2D eigenvalue weighted by atomic mass is 9.90. The number of hydrogen-bond acceptors (Lipinski definition) is 4. The van der Waals surface area contributed by atoms with Crippen LogP contribution >= 0.6 is 0 Å². The van der Waals surface area contributed by atoms with Gasteiger partial charge in [0.25, 0.3) is 5.91 Å². The Balaban J connectivity index is 1.54. The van der Waals surface area contributed by atoms with E-state index in [0.29, 0.717) is 28.9 Å². The average molecular weight is 534 g/mol. The second-order valence-electron chi connectivity index (χ2n) is 9.58. The van der Waals surface area contributed by atoms with Crippen molar-refractivity contribution in [2.75, 3.05) is 24.3 Å². The van der Waals surface area contributed by atoms with Crippen molar-refractivity contribution < 1.29 is 22.7 Å². The van der Waals surface area contributed by atoms with Crippen LogP contribution in [0.2, 0.25) is 0 Å². The smallest absolute Gasteiger partial charge is 0.385 e. The molecule has 0 spiro atoms. The van der Waals surface area contributed by atoms with E-state index in [4.69, 9.17) is 4.74 Å². The van der Waals surface area contributed by atoms with Gasteiger partial charge in [0.2, 0.25) is 0 Å². The van der Waals surface area contributed by atoms with Gasteiger partial charge in [0.15, 0.2) is 0 Å². The SMILES string of the molecule is COC(C)(C)c1ccc(-c2ccc(C(F)(F)F)cc2)c(C(=O)Nc2ccc(NCCc3ccccn3)cc2)c1. The maximum absolute atomic E-state index is 13.5. The monoisotopic (exact) mass is 533 g/mol. The molecule has 0 atom stereocenters. The summed E-state index contributed by atoms with van der Waals surface area (Å²) in [6.07, 6.45) is -1.90. The Labute approximate surface area is 226 Å². The molecule has 0 unspecified atom stereocenters. The number of nitrogens with zero attached hydrogens (tertiary/aromatic N) is 1. The molecule has 2 N–H and O–H groups in total. The zero-order valence-corrected chi connectivity index (χ0v) is 22.0. The van der Waals surface area contributed by atoms with Crippen molar-refractivity contribution in [3.63, 3.8) is 0 Å². The Kier molecular flexibility index (Phi) is 8.35. The fraction of sp³-hybridized carbons (Fsp3) is 0.226. The van der Waals surface area contributed by atoms with Crippen LogP contribution in [0.3, 0.4) is 0 Å². The van der Waals surface area contributed by atoms with Gasteiger partial charge >= 0.3 is 6.18 Å². The molecular formula is C31H30F3N3O2. The molecule has 0 bridgehead atoms. The van der Waals surface area contributed by atoms with Crippen molar-refractivity contribution in [3.05, 3.63) is 114 Å². The Hall–Kier alpha value is -4.17. The van der Waals surface area contributed by atoms with Crippen molar-refractivity contribution in [2.45, 2.75) is 32.0 Å². The minimum atomic E-state index is -4.44. The van der Waals surface area contributed by atoms with Gasteiger partial charge in [0.1, 0.15) is 0 Å². The number of ether oxygens (including phenoxy) is 1. The zero-order valence-electron chi connectivity index (χ0n) is 22.0. The number of methoxy groups -OCH3 is 1. The number of rotatable bonds is 9. The number of halogens is 3. The number of carbonyl (C=O) groups is 1. The molecule has 1 heterocycles. The maximum atomic E-state index is 13.5. The predicted molar refractivity (Wildman–Crippen MR) is 148 cm³/mol. The van der Waals surface area contributed by atoms with E-state index in [9.17, 15) is 18.0 Å². The molecule has 0 aliphatic carbocycles. The molecule has 0 radical (unpaired) electrons. The van der Waals surface area contributed by atoms with Crippen molar-refractivity contribution in [3.8, 4) is 11.1 Å². The summed E-state index contributed by atoms with van der Waals surface area (Å²) in [5, 5.41) is 6.25. The Morgan fingerprint density at radius 1 is 0.872 bits per heavy atom. The van der Waals surface area contributed by atoms with E-state index in [1.54, 1.807) is 37.6 Å². The largest absolute Gasteiger partial charge is 0.416 e. The van der Waals surface area contributed by atoms with E-state index in [-0.39, 0.29) is 5.91 Å². The molecule has 3 aromatic carbocycles. The van der Waals surface area contributed by atoms with Gasteiger partial charge in [-0.1, -0.05) is 30.3 Å². The van der Waals surface area contributed by atoms with Crippen LogP contribution in [0.25, 0.3) is 11.1 Å². The standard InChI is InChI=1S/C31H30F3N3O2/c1-30(2,39-3)23-11-16-27(21-7-9-22(10-8-21)31(32,33)34)28(20-23)29(38)37-26-14-12-25(13-15-26)36-19-17-24-6-4-5-18-35-24/h4-16,18,20,36H,17,19H2,1-3H3,(H,37,38). The second-order valence-corrected chi connectivity index (χ2v) is 9.58. The number of alkyl halides is 3. The Morgan fingerprint density at radius 3 is 2.15 bits per heavy atom. The molecule has 0 saturated heterocycles. The van der Waals surface area contributed by atoms with Crippen LogP contribution in [0.15, 0.2) is 91.1 Å². The number of hydrogen-bond donors (Lipinski definition) is 2. The quantitative estimate of drug-likeness (QED) is 0.233.